The maximum absolute atomic E-state index is 3.64. The smallest absolute Gasteiger partial charge is 0.0230 e. The quantitative estimate of drug-likeness (QED) is 0.754. The number of hydrogen-bond donors (Lipinski definition) is 1. The van der Waals surface area contributed by atoms with E-state index in [0.29, 0.717) is 0 Å². The monoisotopic (exact) mass is 289 g/mol. The van der Waals surface area contributed by atoms with Gasteiger partial charge in [0.25, 0.3) is 0 Å². The number of benzene rings is 1. The standard InChI is InChI=1S/C18H31N3/c1-3-11-19-18-10-14-21(16-18)13-7-12-20(2)15-17-8-5-4-6-9-17/h4-6,8-9,18-19H,3,7,10-16H2,1-2H3. The minimum atomic E-state index is 0.729. The molecular formula is C18H31N3. The SMILES string of the molecule is CCCNC1CCN(CCCN(C)Cc2ccccc2)C1. The topological polar surface area (TPSA) is 18.5 Å². The molecule has 1 heterocycles. The van der Waals surface area contributed by atoms with Gasteiger partial charge in [-0.3, -0.25) is 0 Å². The first kappa shape index (κ1) is 16.5. The predicted molar refractivity (Wildman–Crippen MR) is 90.5 cm³/mol. The summed E-state index contributed by atoms with van der Waals surface area (Å²) in [5.74, 6) is 0. The van der Waals surface area contributed by atoms with Crippen molar-refractivity contribution in [1.82, 2.24) is 15.1 Å². The van der Waals surface area contributed by atoms with E-state index in [1.165, 1.54) is 57.5 Å². The zero-order chi connectivity index (χ0) is 14.9. The Kier molecular flexibility index (Phi) is 7.20. The summed E-state index contributed by atoms with van der Waals surface area (Å²) in [7, 11) is 2.22. The van der Waals surface area contributed by atoms with Crippen LogP contribution in [0.2, 0.25) is 0 Å². The van der Waals surface area contributed by atoms with E-state index in [2.05, 4.69) is 59.4 Å². The van der Waals surface area contributed by atoms with Gasteiger partial charge < -0.3 is 15.1 Å². The van der Waals surface area contributed by atoms with E-state index >= 15 is 0 Å². The predicted octanol–water partition coefficient (Wildman–Crippen LogP) is 2.58. The molecule has 0 amide bonds. The van der Waals surface area contributed by atoms with Crippen molar-refractivity contribution in [1.29, 1.82) is 0 Å². The lowest BCUT2D eigenvalue weighted by molar-refractivity contribution is 0.271. The Morgan fingerprint density at radius 2 is 2.10 bits per heavy atom. The zero-order valence-electron chi connectivity index (χ0n) is 13.7. The van der Waals surface area contributed by atoms with Gasteiger partial charge in [0.15, 0.2) is 0 Å². The lowest BCUT2D eigenvalue weighted by Crippen LogP contribution is -2.33. The van der Waals surface area contributed by atoms with Crippen LogP contribution in [0.3, 0.4) is 0 Å². The van der Waals surface area contributed by atoms with E-state index in [4.69, 9.17) is 0 Å². The molecule has 0 spiro atoms. The molecule has 1 atom stereocenters. The van der Waals surface area contributed by atoms with Crippen LogP contribution in [0.25, 0.3) is 0 Å². The van der Waals surface area contributed by atoms with Crippen molar-refractivity contribution in [3.05, 3.63) is 35.9 Å². The van der Waals surface area contributed by atoms with Crippen LogP contribution in [0.4, 0.5) is 0 Å². The second-order valence-corrected chi connectivity index (χ2v) is 6.32. The summed E-state index contributed by atoms with van der Waals surface area (Å²) in [6.07, 6.45) is 3.82. The summed E-state index contributed by atoms with van der Waals surface area (Å²) in [5.41, 5.74) is 1.41. The summed E-state index contributed by atoms with van der Waals surface area (Å²) in [5, 5.41) is 3.64. The average Bonchev–Trinajstić information content (AvgIpc) is 2.94. The Hall–Kier alpha value is -0.900. The molecule has 1 aromatic carbocycles. The van der Waals surface area contributed by atoms with Crippen LogP contribution in [0.15, 0.2) is 30.3 Å². The molecule has 0 bridgehead atoms. The second-order valence-electron chi connectivity index (χ2n) is 6.32. The van der Waals surface area contributed by atoms with Crippen LogP contribution in [-0.4, -0.2) is 55.6 Å². The molecule has 1 aliphatic rings. The van der Waals surface area contributed by atoms with E-state index in [0.717, 1.165) is 12.6 Å². The van der Waals surface area contributed by atoms with Gasteiger partial charge >= 0.3 is 0 Å². The lowest BCUT2D eigenvalue weighted by atomic mass is 10.2. The van der Waals surface area contributed by atoms with Gasteiger partial charge in [0.2, 0.25) is 0 Å². The Morgan fingerprint density at radius 3 is 2.86 bits per heavy atom. The van der Waals surface area contributed by atoms with Crippen molar-refractivity contribution in [3.8, 4) is 0 Å². The zero-order valence-corrected chi connectivity index (χ0v) is 13.7. The number of likely N-dealkylation sites (tertiary alicyclic amines) is 1. The van der Waals surface area contributed by atoms with Crippen LogP contribution < -0.4 is 5.32 Å². The van der Waals surface area contributed by atoms with Gasteiger partial charge in [-0.1, -0.05) is 37.3 Å². The summed E-state index contributed by atoms with van der Waals surface area (Å²) >= 11 is 0. The number of nitrogens with zero attached hydrogens (tertiary/aromatic N) is 2. The minimum absolute atomic E-state index is 0.729. The molecule has 0 saturated carbocycles. The fraction of sp³-hybridized carbons (Fsp3) is 0.667. The molecule has 118 valence electrons. The minimum Gasteiger partial charge on any atom is -0.313 e. The fourth-order valence-electron chi connectivity index (χ4n) is 3.09. The van der Waals surface area contributed by atoms with E-state index < -0.39 is 0 Å². The third kappa shape index (κ3) is 6.16. The van der Waals surface area contributed by atoms with Crippen molar-refractivity contribution in [2.75, 3.05) is 39.8 Å². The first-order valence-electron chi connectivity index (χ1n) is 8.46. The number of nitrogens with one attached hydrogen (secondary N) is 1. The second kappa shape index (κ2) is 9.19. The number of hydrogen-bond acceptors (Lipinski definition) is 3. The van der Waals surface area contributed by atoms with Crippen LogP contribution in [0.5, 0.6) is 0 Å². The molecule has 0 aliphatic carbocycles. The van der Waals surface area contributed by atoms with Crippen molar-refractivity contribution in [2.24, 2.45) is 0 Å². The van der Waals surface area contributed by atoms with Gasteiger partial charge in [-0.05, 0) is 58.1 Å². The van der Waals surface area contributed by atoms with Crippen LogP contribution in [-0.2, 0) is 6.54 Å². The van der Waals surface area contributed by atoms with Crippen molar-refractivity contribution < 1.29 is 0 Å². The van der Waals surface area contributed by atoms with E-state index in [-0.39, 0.29) is 0 Å². The molecule has 1 fully saturated rings. The summed E-state index contributed by atoms with van der Waals surface area (Å²) in [6.45, 7) is 9.39. The highest BCUT2D eigenvalue weighted by Crippen LogP contribution is 2.10. The third-order valence-corrected chi connectivity index (χ3v) is 4.26. The first-order valence-corrected chi connectivity index (χ1v) is 8.46. The highest BCUT2D eigenvalue weighted by atomic mass is 15.2. The maximum Gasteiger partial charge on any atom is 0.0230 e. The normalized spacial score (nSPS) is 19.5. The number of rotatable bonds is 9. The highest BCUT2D eigenvalue weighted by Gasteiger charge is 2.20. The van der Waals surface area contributed by atoms with Gasteiger partial charge in [0, 0.05) is 19.1 Å². The van der Waals surface area contributed by atoms with Crippen molar-refractivity contribution in [3.63, 3.8) is 0 Å². The molecule has 1 saturated heterocycles. The molecule has 3 nitrogen and oxygen atoms in total. The molecule has 2 rings (SSSR count). The largest absolute Gasteiger partial charge is 0.313 e. The van der Waals surface area contributed by atoms with Crippen LogP contribution in [0, 0.1) is 0 Å². The van der Waals surface area contributed by atoms with Gasteiger partial charge in [0.1, 0.15) is 0 Å². The molecule has 1 unspecified atom stereocenters. The molecule has 1 N–H and O–H groups in total. The van der Waals surface area contributed by atoms with Gasteiger partial charge in [-0.2, -0.15) is 0 Å². The van der Waals surface area contributed by atoms with Gasteiger partial charge in [-0.25, -0.2) is 0 Å². The summed E-state index contributed by atoms with van der Waals surface area (Å²) < 4.78 is 0. The Labute approximate surface area is 130 Å². The van der Waals surface area contributed by atoms with Crippen LogP contribution >= 0.6 is 0 Å². The molecule has 21 heavy (non-hydrogen) atoms. The fourth-order valence-corrected chi connectivity index (χ4v) is 3.09. The summed E-state index contributed by atoms with van der Waals surface area (Å²) in [6, 6.07) is 11.5. The maximum atomic E-state index is 3.64. The van der Waals surface area contributed by atoms with Crippen LogP contribution in [0.1, 0.15) is 31.7 Å². The molecular weight excluding hydrogens is 258 g/mol. The van der Waals surface area contributed by atoms with Crippen molar-refractivity contribution in [2.45, 2.75) is 38.8 Å². The summed E-state index contributed by atoms with van der Waals surface area (Å²) in [4.78, 5) is 5.04. The first-order chi connectivity index (χ1) is 10.3. The average molecular weight is 289 g/mol. The van der Waals surface area contributed by atoms with E-state index in [1.54, 1.807) is 0 Å². The van der Waals surface area contributed by atoms with E-state index in [1.807, 2.05) is 0 Å². The molecule has 1 aliphatic heterocycles. The van der Waals surface area contributed by atoms with Gasteiger partial charge in [-0.15, -0.1) is 0 Å². The Balaban J connectivity index is 1.57. The third-order valence-electron chi connectivity index (χ3n) is 4.26. The molecule has 0 aromatic heterocycles. The molecule has 3 heteroatoms. The van der Waals surface area contributed by atoms with Gasteiger partial charge in [0.05, 0.1) is 0 Å². The van der Waals surface area contributed by atoms with Crippen molar-refractivity contribution >= 4 is 0 Å². The molecule has 0 radical (unpaired) electrons. The van der Waals surface area contributed by atoms with E-state index in [9.17, 15) is 0 Å². The Morgan fingerprint density at radius 1 is 1.29 bits per heavy atom. The highest BCUT2D eigenvalue weighted by molar-refractivity contribution is 5.14. The molecule has 1 aromatic rings. The lowest BCUT2D eigenvalue weighted by Gasteiger charge is -2.20. The Bertz CT molecular complexity index is 379.